The molecule has 2 nitrogen and oxygen atoms in total. The maximum Gasteiger partial charge on any atom is 0.416 e. The number of alkyl halides is 3. The zero-order valence-corrected chi connectivity index (χ0v) is 8.79. The zero-order valence-electron chi connectivity index (χ0n) is 8.79. The van der Waals surface area contributed by atoms with E-state index in [0.717, 1.165) is 12.1 Å². The van der Waals surface area contributed by atoms with Crippen LogP contribution in [0.5, 0.6) is 0 Å². The number of halogens is 3. The summed E-state index contributed by atoms with van der Waals surface area (Å²) in [6, 6.07) is 4.41. The summed E-state index contributed by atoms with van der Waals surface area (Å²) < 4.78 is 37.4. The summed E-state index contributed by atoms with van der Waals surface area (Å²) >= 11 is 0. The van der Waals surface area contributed by atoms with Gasteiger partial charge in [-0.15, -0.1) is 0 Å². The second kappa shape index (κ2) is 4.86. The highest BCUT2D eigenvalue weighted by Crippen LogP contribution is 2.30. The van der Waals surface area contributed by atoms with E-state index < -0.39 is 17.6 Å². The van der Waals surface area contributed by atoms with Gasteiger partial charge in [0.15, 0.2) is 0 Å². The smallest absolute Gasteiger partial charge is 0.366 e. The Morgan fingerprint density at radius 2 is 2.00 bits per heavy atom. The van der Waals surface area contributed by atoms with E-state index in [2.05, 4.69) is 6.58 Å². The first-order valence-electron chi connectivity index (χ1n) is 4.66. The van der Waals surface area contributed by atoms with Crippen LogP contribution in [0.1, 0.15) is 11.1 Å². The Labute approximate surface area is 96.2 Å². The van der Waals surface area contributed by atoms with Crippen LogP contribution in [0.4, 0.5) is 13.2 Å². The van der Waals surface area contributed by atoms with Crippen LogP contribution < -0.4 is 5.73 Å². The Kier molecular flexibility index (Phi) is 3.73. The molecular formula is C12H10F3NO. The Balaban J connectivity index is 3.28. The highest BCUT2D eigenvalue weighted by Gasteiger charge is 2.30. The van der Waals surface area contributed by atoms with Crippen molar-refractivity contribution in [1.29, 1.82) is 0 Å². The third-order valence-electron chi connectivity index (χ3n) is 2.05. The molecule has 5 heteroatoms. The fraction of sp³-hybridized carbons (Fsp3) is 0.0833. The summed E-state index contributed by atoms with van der Waals surface area (Å²) in [5, 5.41) is 0. The van der Waals surface area contributed by atoms with Crippen molar-refractivity contribution in [2.24, 2.45) is 5.73 Å². The van der Waals surface area contributed by atoms with Crippen molar-refractivity contribution < 1.29 is 18.0 Å². The molecule has 0 unspecified atom stereocenters. The molecule has 0 aliphatic carbocycles. The van der Waals surface area contributed by atoms with Gasteiger partial charge < -0.3 is 5.73 Å². The van der Waals surface area contributed by atoms with Crippen LogP contribution in [0, 0.1) is 0 Å². The number of allylic oxidation sites excluding steroid dienone is 2. The van der Waals surface area contributed by atoms with Gasteiger partial charge in [0.05, 0.1) is 5.56 Å². The van der Waals surface area contributed by atoms with Crippen molar-refractivity contribution in [3.63, 3.8) is 0 Å². The molecule has 0 atom stereocenters. The van der Waals surface area contributed by atoms with E-state index in [1.807, 2.05) is 0 Å². The van der Waals surface area contributed by atoms with Crippen LogP contribution in [0.15, 0.2) is 43.0 Å². The molecule has 17 heavy (non-hydrogen) atoms. The quantitative estimate of drug-likeness (QED) is 0.641. The summed E-state index contributed by atoms with van der Waals surface area (Å²) in [5.74, 6) is -0.802. The second-order valence-corrected chi connectivity index (χ2v) is 3.26. The first-order valence-corrected chi connectivity index (χ1v) is 4.66. The average Bonchev–Trinajstić information content (AvgIpc) is 2.24. The van der Waals surface area contributed by atoms with Gasteiger partial charge in [0, 0.05) is 5.57 Å². The van der Waals surface area contributed by atoms with E-state index in [1.54, 1.807) is 0 Å². The number of nitrogens with two attached hydrogens (primary N) is 1. The Hall–Kier alpha value is -2.04. The zero-order chi connectivity index (χ0) is 13.1. The molecule has 1 amide bonds. The van der Waals surface area contributed by atoms with E-state index in [9.17, 15) is 18.0 Å². The lowest BCUT2D eigenvalue weighted by molar-refractivity contribution is -0.137. The predicted molar refractivity (Wildman–Crippen MR) is 58.8 cm³/mol. The summed E-state index contributed by atoms with van der Waals surface area (Å²) in [6.45, 7) is 3.37. The Bertz CT molecular complexity index is 475. The van der Waals surface area contributed by atoms with E-state index in [-0.39, 0.29) is 11.1 Å². The maximum absolute atomic E-state index is 12.5. The Morgan fingerprint density at radius 1 is 1.35 bits per heavy atom. The number of amides is 1. The molecule has 0 fully saturated rings. The van der Waals surface area contributed by atoms with Crippen molar-refractivity contribution in [3.05, 3.63) is 54.1 Å². The lowest BCUT2D eigenvalue weighted by atomic mass is 10.0. The van der Waals surface area contributed by atoms with Gasteiger partial charge in [-0.25, -0.2) is 0 Å². The molecule has 1 aromatic rings. The van der Waals surface area contributed by atoms with Crippen LogP contribution >= 0.6 is 0 Å². The number of carbonyl (C=O) groups excluding carboxylic acids is 1. The highest BCUT2D eigenvalue weighted by atomic mass is 19.4. The summed E-state index contributed by atoms with van der Waals surface area (Å²) in [4.78, 5) is 11.1. The van der Waals surface area contributed by atoms with Crippen molar-refractivity contribution >= 4 is 11.5 Å². The van der Waals surface area contributed by atoms with Gasteiger partial charge in [-0.05, 0) is 23.8 Å². The number of rotatable bonds is 3. The fourth-order valence-electron chi connectivity index (χ4n) is 1.30. The molecule has 0 aromatic heterocycles. The topological polar surface area (TPSA) is 43.1 Å². The molecule has 0 aliphatic heterocycles. The Morgan fingerprint density at radius 3 is 2.47 bits per heavy atom. The molecule has 0 aliphatic rings. The molecule has 0 radical (unpaired) electrons. The maximum atomic E-state index is 12.5. The molecule has 0 spiro atoms. The molecule has 0 saturated carbocycles. The third kappa shape index (κ3) is 3.21. The number of primary amides is 1. The van der Waals surface area contributed by atoms with Gasteiger partial charge in [0.25, 0.3) is 0 Å². The van der Waals surface area contributed by atoms with Crippen LogP contribution in [-0.2, 0) is 11.0 Å². The van der Waals surface area contributed by atoms with Crippen LogP contribution in [0.2, 0.25) is 0 Å². The number of benzene rings is 1. The molecule has 0 bridgehead atoms. The minimum Gasteiger partial charge on any atom is -0.366 e. The molecule has 2 N–H and O–H groups in total. The summed E-state index contributed by atoms with van der Waals surface area (Å²) in [5.41, 5.74) is 4.36. The average molecular weight is 241 g/mol. The van der Waals surface area contributed by atoms with Gasteiger partial charge in [0.1, 0.15) is 0 Å². The van der Waals surface area contributed by atoms with E-state index >= 15 is 0 Å². The van der Waals surface area contributed by atoms with Crippen molar-refractivity contribution in [1.82, 2.24) is 0 Å². The van der Waals surface area contributed by atoms with Gasteiger partial charge in [0.2, 0.25) is 5.91 Å². The fourth-order valence-corrected chi connectivity index (χ4v) is 1.30. The van der Waals surface area contributed by atoms with E-state index in [4.69, 9.17) is 5.73 Å². The second-order valence-electron chi connectivity index (χ2n) is 3.26. The lowest BCUT2D eigenvalue weighted by Crippen LogP contribution is -2.13. The summed E-state index contributed by atoms with van der Waals surface area (Å²) in [7, 11) is 0. The van der Waals surface area contributed by atoms with E-state index in [1.165, 1.54) is 24.3 Å². The van der Waals surface area contributed by atoms with Gasteiger partial charge >= 0.3 is 6.18 Å². The molecule has 1 aromatic carbocycles. The lowest BCUT2D eigenvalue weighted by Gasteiger charge is -2.09. The van der Waals surface area contributed by atoms with Crippen LogP contribution in [0.25, 0.3) is 5.57 Å². The van der Waals surface area contributed by atoms with Gasteiger partial charge in [-0.1, -0.05) is 24.8 Å². The largest absolute Gasteiger partial charge is 0.416 e. The van der Waals surface area contributed by atoms with Crippen molar-refractivity contribution in [2.45, 2.75) is 6.18 Å². The molecule has 1 rings (SSSR count). The summed E-state index contributed by atoms with van der Waals surface area (Å²) in [6.07, 6.45) is -1.88. The third-order valence-corrected chi connectivity index (χ3v) is 2.05. The van der Waals surface area contributed by atoms with Crippen LogP contribution in [-0.4, -0.2) is 5.91 Å². The monoisotopic (exact) mass is 241 g/mol. The minimum atomic E-state index is -4.45. The van der Waals surface area contributed by atoms with Crippen LogP contribution in [0.3, 0.4) is 0 Å². The van der Waals surface area contributed by atoms with Gasteiger partial charge in [-0.2, -0.15) is 13.2 Å². The van der Waals surface area contributed by atoms with Crippen molar-refractivity contribution in [3.8, 4) is 0 Å². The van der Waals surface area contributed by atoms with Gasteiger partial charge in [-0.3, -0.25) is 4.79 Å². The van der Waals surface area contributed by atoms with Crippen molar-refractivity contribution in [2.75, 3.05) is 0 Å². The molecular weight excluding hydrogens is 231 g/mol. The molecule has 0 saturated heterocycles. The standard InChI is InChI=1S/C12H10F3NO/c1-2-4-10(11(16)17)8-5-3-6-9(7-8)12(13,14)15/h2-7H,1H2,(H2,16,17). The first-order chi connectivity index (χ1) is 7.86. The molecule has 0 heterocycles. The highest BCUT2D eigenvalue weighted by molar-refractivity contribution is 6.19. The van der Waals surface area contributed by atoms with E-state index in [0.29, 0.717) is 0 Å². The predicted octanol–water partition coefficient (Wildman–Crippen LogP) is 2.76. The molecule has 90 valence electrons. The number of hydrogen-bond donors (Lipinski definition) is 1. The number of hydrogen-bond acceptors (Lipinski definition) is 1. The first kappa shape index (κ1) is 13.0. The SMILES string of the molecule is C=CC=C(C(N)=O)c1cccc(C(F)(F)F)c1. The minimum absolute atomic E-state index is 0.00824. The normalized spacial score (nSPS) is 12.3. The number of carbonyl (C=O) groups is 1.